The molecule has 4 aliphatic rings. The van der Waals surface area contributed by atoms with Gasteiger partial charge in [0, 0.05) is 30.2 Å². The fraction of sp³-hybridized carbons (Fsp3) is 0.826. The SMILES string of the molecule is C=C1C[C@@H]2[C@@H](CC[C@]3(C)C(=O)CC[C@@H]23)[C@@]2(C)CCC(OC(=O)CCN)CC12O. The Morgan fingerprint density at radius 2 is 2.00 bits per heavy atom. The van der Waals surface area contributed by atoms with Gasteiger partial charge in [0.15, 0.2) is 0 Å². The van der Waals surface area contributed by atoms with Crippen LogP contribution in [0.3, 0.4) is 0 Å². The maximum atomic E-state index is 12.6. The maximum absolute atomic E-state index is 12.6. The van der Waals surface area contributed by atoms with E-state index in [1.54, 1.807) is 0 Å². The Morgan fingerprint density at radius 3 is 2.71 bits per heavy atom. The number of fused-ring (bicyclic) bond motifs is 5. The second-order valence-corrected chi connectivity index (χ2v) is 10.3. The third-order valence-corrected chi connectivity index (χ3v) is 9.13. The Hall–Kier alpha value is -1.20. The molecule has 3 N–H and O–H groups in total. The molecule has 0 amide bonds. The van der Waals surface area contributed by atoms with E-state index in [0.717, 1.165) is 44.1 Å². The molecule has 0 saturated heterocycles. The number of carbonyl (C=O) groups excluding carboxylic acids is 2. The molecule has 7 atom stereocenters. The Bertz CT molecular complexity index is 705. The predicted octanol–water partition coefficient (Wildman–Crippen LogP) is 3.14. The van der Waals surface area contributed by atoms with E-state index in [1.807, 2.05) is 0 Å². The van der Waals surface area contributed by atoms with Crippen LogP contribution in [0, 0.1) is 28.6 Å². The number of ether oxygens (including phenoxy) is 1. The van der Waals surface area contributed by atoms with E-state index in [9.17, 15) is 14.7 Å². The molecule has 4 fully saturated rings. The summed E-state index contributed by atoms with van der Waals surface area (Å²) in [5.74, 6) is 1.39. The van der Waals surface area contributed by atoms with Crippen LogP contribution in [0.2, 0.25) is 0 Å². The van der Waals surface area contributed by atoms with Gasteiger partial charge >= 0.3 is 5.97 Å². The molecule has 0 bridgehead atoms. The number of hydrogen-bond acceptors (Lipinski definition) is 5. The lowest BCUT2D eigenvalue weighted by molar-refractivity contribution is -0.197. The summed E-state index contributed by atoms with van der Waals surface area (Å²) in [4.78, 5) is 24.5. The second kappa shape index (κ2) is 6.66. The minimum atomic E-state index is -1.00. The Balaban J connectivity index is 1.59. The quantitative estimate of drug-likeness (QED) is 0.572. The van der Waals surface area contributed by atoms with Gasteiger partial charge in [0.2, 0.25) is 0 Å². The van der Waals surface area contributed by atoms with Crippen LogP contribution < -0.4 is 5.73 Å². The molecule has 5 heteroatoms. The van der Waals surface area contributed by atoms with Crippen molar-refractivity contribution in [2.24, 2.45) is 34.3 Å². The number of ketones is 1. The molecule has 28 heavy (non-hydrogen) atoms. The van der Waals surface area contributed by atoms with Crippen molar-refractivity contribution in [1.29, 1.82) is 0 Å². The summed E-state index contributed by atoms with van der Waals surface area (Å²) in [5, 5.41) is 11.8. The van der Waals surface area contributed by atoms with Gasteiger partial charge in [0.1, 0.15) is 11.9 Å². The van der Waals surface area contributed by atoms with Crippen LogP contribution in [0.4, 0.5) is 0 Å². The monoisotopic (exact) mass is 389 g/mol. The van der Waals surface area contributed by atoms with E-state index in [-0.39, 0.29) is 35.9 Å². The van der Waals surface area contributed by atoms with Crippen molar-refractivity contribution in [3.8, 4) is 0 Å². The van der Waals surface area contributed by atoms with E-state index in [1.165, 1.54) is 0 Å². The van der Waals surface area contributed by atoms with Gasteiger partial charge in [-0.3, -0.25) is 9.59 Å². The summed E-state index contributed by atoms with van der Waals surface area (Å²) >= 11 is 0. The molecule has 0 spiro atoms. The van der Waals surface area contributed by atoms with E-state index >= 15 is 0 Å². The number of nitrogens with two attached hydrogens (primary N) is 1. The minimum Gasteiger partial charge on any atom is -0.462 e. The van der Waals surface area contributed by atoms with E-state index < -0.39 is 5.60 Å². The summed E-state index contributed by atoms with van der Waals surface area (Å²) in [6.45, 7) is 8.98. The van der Waals surface area contributed by atoms with E-state index in [2.05, 4.69) is 20.4 Å². The molecule has 4 rings (SSSR count). The van der Waals surface area contributed by atoms with Gasteiger partial charge in [0.25, 0.3) is 0 Å². The average molecular weight is 390 g/mol. The van der Waals surface area contributed by atoms with Crippen LogP contribution in [0.15, 0.2) is 12.2 Å². The highest BCUT2D eigenvalue weighted by molar-refractivity contribution is 5.87. The van der Waals surface area contributed by atoms with Gasteiger partial charge in [-0.25, -0.2) is 0 Å². The highest BCUT2D eigenvalue weighted by Gasteiger charge is 2.66. The van der Waals surface area contributed by atoms with Crippen molar-refractivity contribution < 1.29 is 19.4 Å². The zero-order valence-electron chi connectivity index (χ0n) is 17.3. The molecule has 0 aliphatic heterocycles. The van der Waals surface area contributed by atoms with Gasteiger partial charge in [-0.1, -0.05) is 20.4 Å². The number of rotatable bonds is 3. The van der Waals surface area contributed by atoms with Gasteiger partial charge in [-0.05, 0) is 61.9 Å². The largest absolute Gasteiger partial charge is 0.462 e. The van der Waals surface area contributed by atoms with Crippen molar-refractivity contribution >= 4 is 11.8 Å². The maximum Gasteiger partial charge on any atom is 0.307 e. The van der Waals surface area contributed by atoms with Crippen molar-refractivity contribution in [3.63, 3.8) is 0 Å². The topological polar surface area (TPSA) is 89.6 Å². The van der Waals surface area contributed by atoms with Gasteiger partial charge in [-0.2, -0.15) is 0 Å². The van der Waals surface area contributed by atoms with Crippen LogP contribution in [0.25, 0.3) is 0 Å². The van der Waals surface area contributed by atoms with E-state index in [0.29, 0.717) is 36.4 Å². The summed E-state index contributed by atoms with van der Waals surface area (Å²) < 4.78 is 5.61. The first-order valence-electron chi connectivity index (χ1n) is 11.0. The number of esters is 1. The molecule has 0 aromatic carbocycles. The first-order chi connectivity index (χ1) is 13.2. The molecule has 5 nitrogen and oxygen atoms in total. The normalized spacial score (nSPS) is 47.9. The number of Topliss-reactive ketones (excluding diaryl/α,β-unsaturated/α-hetero) is 1. The molecule has 4 saturated carbocycles. The Kier molecular flexibility index (Phi) is 4.78. The third-order valence-electron chi connectivity index (χ3n) is 9.13. The van der Waals surface area contributed by atoms with Crippen LogP contribution in [0.5, 0.6) is 0 Å². The van der Waals surface area contributed by atoms with Crippen molar-refractivity contribution in [2.45, 2.75) is 83.3 Å². The highest BCUT2D eigenvalue weighted by atomic mass is 16.5. The Labute approximate surface area is 168 Å². The number of aliphatic hydroxyl groups is 1. The zero-order valence-corrected chi connectivity index (χ0v) is 17.3. The lowest BCUT2D eigenvalue weighted by atomic mass is 9.42. The van der Waals surface area contributed by atoms with E-state index in [4.69, 9.17) is 10.5 Å². The second-order valence-electron chi connectivity index (χ2n) is 10.3. The molecule has 0 heterocycles. The van der Waals surface area contributed by atoms with Crippen LogP contribution in [0.1, 0.15) is 71.6 Å². The molecule has 0 aromatic heterocycles. The van der Waals surface area contributed by atoms with Crippen LogP contribution in [-0.2, 0) is 14.3 Å². The van der Waals surface area contributed by atoms with Crippen LogP contribution >= 0.6 is 0 Å². The lowest BCUT2D eigenvalue weighted by Gasteiger charge is -2.64. The molecule has 0 aromatic rings. The molecule has 0 radical (unpaired) electrons. The third kappa shape index (κ3) is 2.65. The minimum absolute atomic E-state index is 0.178. The number of carbonyl (C=O) groups is 2. The Morgan fingerprint density at radius 1 is 1.25 bits per heavy atom. The zero-order chi connectivity index (χ0) is 20.3. The lowest BCUT2D eigenvalue weighted by Crippen LogP contribution is -2.64. The summed E-state index contributed by atoms with van der Waals surface area (Å²) in [6.07, 6.45) is 6.37. The summed E-state index contributed by atoms with van der Waals surface area (Å²) in [5.41, 5.74) is 4.88. The van der Waals surface area contributed by atoms with Gasteiger partial charge in [0.05, 0.1) is 12.0 Å². The van der Waals surface area contributed by atoms with Crippen molar-refractivity contribution in [3.05, 3.63) is 12.2 Å². The standard InChI is InChI=1S/C23H35NO4/c1-14-12-16-17-4-5-19(25)21(17,2)9-7-18(16)22(3)10-6-15(13-23(14,22)27)28-20(26)8-11-24/h15-18,27H,1,4-13,24H2,2-3H3/t15?,16-,17-,18+,21-,22+,23?/m0/s1. The van der Waals surface area contributed by atoms with Crippen molar-refractivity contribution in [2.75, 3.05) is 6.54 Å². The smallest absolute Gasteiger partial charge is 0.307 e. The van der Waals surface area contributed by atoms with Crippen LogP contribution in [-0.4, -0.2) is 35.1 Å². The molecule has 2 unspecified atom stereocenters. The van der Waals surface area contributed by atoms with Gasteiger partial charge < -0.3 is 15.6 Å². The fourth-order valence-corrected chi connectivity index (χ4v) is 7.42. The molecular weight excluding hydrogens is 354 g/mol. The average Bonchev–Trinajstić information content (AvgIpc) is 2.93. The van der Waals surface area contributed by atoms with Gasteiger partial charge in [-0.15, -0.1) is 0 Å². The predicted molar refractivity (Wildman–Crippen MR) is 106 cm³/mol. The fourth-order valence-electron chi connectivity index (χ4n) is 7.42. The molecule has 4 aliphatic carbocycles. The number of hydrogen-bond donors (Lipinski definition) is 2. The van der Waals surface area contributed by atoms with Crippen molar-refractivity contribution in [1.82, 2.24) is 0 Å². The summed E-state index contributed by atoms with van der Waals surface area (Å²) in [7, 11) is 0. The first-order valence-corrected chi connectivity index (χ1v) is 11.0. The summed E-state index contributed by atoms with van der Waals surface area (Å²) in [6, 6.07) is 0. The molecule has 156 valence electrons. The molecular formula is C23H35NO4. The highest BCUT2D eigenvalue weighted by Crippen LogP contribution is 2.67. The first kappa shape index (κ1) is 20.1.